The van der Waals surface area contributed by atoms with Crippen LogP contribution in [0.3, 0.4) is 0 Å². The summed E-state index contributed by atoms with van der Waals surface area (Å²) < 4.78 is 0. The van der Waals surface area contributed by atoms with Gasteiger partial charge in [0.2, 0.25) is 5.91 Å². The van der Waals surface area contributed by atoms with Crippen LogP contribution in [-0.2, 0) is 11.3 Å². The fraction of sp³-hybridized carbons (Fsp3) is 0.750. The first-order valence-electron chi connectivity index (χ1n) is 9.77. The number of amides is 1. The maximum atomic E-state index is 12.7. The number of carbonyl (C=O) groups is 1. The third-order valence-corrected chi connectivity index (χ3v) is 5.36. The monoisotopic (exact) mass is 344 g/mol. The summed E-state index contributed by atoms with van der Waals surface area (Å²) in [5.74, 6) is 2.79. The molecule has 1 aliphatic carbocycles. The van der Waals surface area contributed by atoms with E-state index in [4.69, 9.17) is 4.98 Å². The Balaban J connectivity index is 1.71. The van der Waals surface area contributed by atoms with E-state index in [1.54, 1.807) is 0 Å². The molecule has 0 unspecified atom stereocenters. The molecule has 0 N–H and O–H groups in total. The predicted octanol–water partition coefficient (Wildman–Crippen LogP) is 3.07. The fourth-order valence-corrected chi connectivity index (χ4v) is 3.58. The van der Waals surface area contributed by atoms with E-state index in [1.165, 1.54) is 12.8 Å². The molecule has 3 rings (SSSR count). The molecule has 0 bridgehead atoms. The van der Waals surface area contributed by atoms with Crippen LogP contribution in [0.1, 0.15) is 64.4 Å². The number of hydrogen-bond donors (Lipinski definition) is 0. The van der Waals surface area contributed by atoms with Crippen molar-refractivity contribution in [2.45, 2.75) is 65.5 Å². The van der Waals surface area contributed by atoms with E-state index in [1.807, 2.05) is 12.3 Å². The van der Waals surface area contributed by atoms with Crippen LogP contribution in [0.5, 0.6) is 0 Å². The minimum atomic E-state index is 0.307. The van der Waals surface area contributed by atoms with Gasteiger partial charge in [-0.2, -0.15) is 0 Å². The minimum Gasteiger partial charge on any atom is -0.338 e. The van der Waals surface area contributed by atoms with E-state index in [2.05, 4.69) is 42.5 Å². The van der Waals surface area contributed by atoms with Gasteiger partial charge in [0, 0.05) is 50.8 Å². The van der Waals surface area contributed by atoms with Crippen LogP contribution in [0.2, 0.25) is 0 Å². The lowest BCUT2D eigenvalue weighted by molar-refractivity contribution is -0.133. The Bertz CT molecular complexity index is 597. The van der Waals surface area contributed by atoms with Crippen molar-refractivity contribution in [1.82, 2.24) is 19.8 Å². The van der Waals surface area contributed by atoms with Gasteiger partial charge >= 0.3 is 0 Å². The highest BCUT2D eigenvalue weighted by atomic mass is 16.2. The van der Waals surface area contributed by atoms with Gasteiger partial charge in [-0.05, 0) is 30.7 Å². The Kier molecular flexibility index (Phi) is 5.72. The van der Waals surface area contributed by atoms with Gasteiger partial charge < -0.3 is 4.90 Å². The lowest BCUT2D eigenvalue weighted by Crippen LogP contribution is -2.47. The van der Waals surface area contributed by atoms with Gasteiger partial charge in [0.05, 0.1) is 5.69 Å². The average molecular weight is 345 g/mol. The quantitative estimate of drug-likeness (QED) is 0.796. The van der Waals surface area contributed by atoms with Crippen LogP contribution >= 0.6 is 0 Å². The van der Waals surface area contributed by atoms with E-state index < -0.39 is 0 Å². The SMILES string of the molecule is CC(C)c1nccc(CN2CCC(=O)N(CC3CC3)[C@@H](C(C)C)C2)n1. The summed E-state index contributed by atoms with van der Waals surface area (Å²) in [5.41, 5.74) is 1.06. The molecular formula is C20H32N4O. The van der Waals surface area contributed by atoms with Crippen LogP contribution in [0.15, 0.2) is 12.3 Å². The first-order chi connectivity index (χ1) is 11.9. The Labute approximate surface area is 151 Å². The predicted molar refractivity (Wildman–Crippen MR) is 99.1 cm³/mol. The Morgan fingerprint density at radius 1 is 1.24 bits per heavy atom. The van der Waals surface area contributed by atoms with Crippen LogP contribution < -0.4 is 0 Å². The molecule has 0 radical (unpaired) electrons. The summed E-state index contributed by atoms with van der Waals surface area (Å²) in [6.45, 7) is 12.2. The van der Waals surface area contributed by atoms with Crippen molar-refractivity contribution in [2.75, 3.05) is 19.6 Å². The van der Waals surface area contributed by atoms with Crippen LogP contribution in [0.4, 0.5) is 0 Å². The minimum absolute atomic E-state index is 0.307. The first kappa shape index (κ1) is 18.3. The van der Waals surface area contributed by atoms with E-state index >= 15 is 0 Å². The van der Waals surface area contributed by atoms with Gasteiger partial charge in [0.25, 0.3) is 0 Å². The van der Waals surface area contributed by atoms with Gasteiger partial charge in [-0.25, -0.2) is 9.97 Å². The number of nitrogens with zero attached hydrogens (tertiary/aromatic N) is 4. The van der Waals surface area contributed by atoms with E-state index in [9.17, 15) is 4.79 Å². The summed E-state index contributed by atoms with van der Waals surface area (Å²) in [6.07, 6.45) is 5.06. The van der Waals surface area contributed by atoms with Gasteiger partial charge in [0.15, 0.2) is 0 Å². The van der Waals surface area contributed by atoms with E-state index in [0.29, 0.717) is 30.2 Å². The summed E-state index contributed by atoms with van der Waals surface area (Å²) in [5, 5.41) is 0. The molecule has 0 spiro atoms. The largest absolute Gasteiger partial charge is 0.338 e. The van der Waals surface area contributed by atoms with Crippen molar-refractivity contribution < 1.29 is 4.79 Å². The topological polar surface area (TPSA) is 49.3 Å². The maximum absolute atomic E-state index is 12.7. The molecule has 1 saturated heterocycles. The van der Waals surface area contributed by atoms with E-state index in [-0.39, 0.29) is 0 Å². The molecule has 1 amide bonds. The molecule has 1 atom stereocenters. The zero-order chi connectivity index (χ0) is 18.0. The third kappa shape index (κ3) is 4.78. The molecule has 138 valence electrons. The summed E-state index contributed by atoms with van der Waals surface area (Å²) >= 11 is 0. The molecule has 5 nitrogen and oxygen atoms in total. The molecule has 1 aromatic heterocycles. The molecule has 2 aliphatic rings. The highest BCUT2D eigenvalue weighted by Gasteiger charge is 2.35. The molecule has 2 fully saturated rings. The standard InChI is InChI=1S/C20H32N4O/c1-14(2)18-13-23(10-8-19(25)24(18)11-16-5-6-16)12-17-7-9-21-20(22-17)15(3)4/h7,9,14-16,18H,5-6,8,10-13H2,1-4H3/t18-/m1/s1. The maximum Gasteiger partial charge on any atom is 0.224 e. The van der Waals surface area contributed by atoms with E-state index in [0.717, 1.165) is 43.6 Å². The van der Waals surface area contributed by atoms with Crippen molar-refractivity contribution in [3.05, 3.63) is 23.8 Å². The van der Waals surface area contributed by atoms with Crippen molar-refractivity contribution in [2.24, 2.45) is 11.8 Å². The lowest BCUT2D eigenvalue weighted by Gasteiger charge is -2.34. The fourth-order valence-electron chi connectivity index (χ4n) is 3.58. The Hall–Kier alpha value is -1.49. The Morgan fingerprint density at radius 3 is 2.64 bits per heavy atom. The molecule has 1 aliphatic heterocycles. The first-order valence-corrected chi connectivity index (χ1v) is 9.77. The van der Waals surface area contributed by atoms with Crippen molar-refractivity contribution in [3.63, 3.8) is 0 Å². The second kappa shape index (κ2) is 7.81. The molecule has 5 heteroatoms. The van der Waals surface area contributed by atoms with Crippen LogP contribution in [-0.4, -0.2) is 51.4 Å². The highest BCUT2D eigenvalue weighted by Crippen LogP contribution is 2.32. The van der Waals surface area contributed by atoms with Crippen LogP contribution in [0, 0.1) is 11.8 Å². The summed E-state index contributed by atoms with van der Waals surface area (Å²) in [6, 6.07) is 2.31. The molecule has 25 heavy (non-hydrogen) atoms. The Morgan fingerprint density at radius 2 is 2.00 bits per heavy atom. The molecule has 0 aromatic carbocycles. The zero-order valence-electron chi connectivity index (χ0n) is 16.1. The van der Waals surface area contributed by atoms with Crippen molar-refractivity contribution in [3.8, 4) is 0 Å². The number of hydrogen-bond acceptors (Lipinski definition) is 4. The number of rotatable bonds is 6. The summed E-state index contributed by atoms with van der Waals surface area (Å²) in [4.78, 5) is 26.4. The van der Waals surface area contributed by atoms with Gasteiger partial charge in [-0.3, -0.25) is 9.69 Å². The second-order valence-corrected chi connectivity index (χ2v) is 8.35. The molecule has 1 saturated carbocycles. The summed E-state index contributed by atoms with van der Waals surface area (Å²) in [7, 11) is 0. The van der Waals surface area contributed by atoms with Gasteiger partial charge in [0.1, 0.15) is 5.82 Å². The molecule has 2 heterocycles. The number of aromatic nitrogens is 2. The zero-order valence-corrected chi connectivity index (χ0v) is 16.1. The lowest BCUT2D eigenvalue weighted by atomic mass is 10.0. The van der Waals surface area contributed by atoms with Crippen LogP contribution in [0.25, 0.3) is 0 Å². The molecular weight excluding hydrogens is 312 g/mol. The highest BCUT2D eigenvalue weighted by molar-refractivity contribution is 5.77. The normalized spacial score (nSPS) is 22.7. The average Bonchev–Trinajstić information content (AvgIpc) is 3.39. The number of carbonyl (C=O) groups excluding carboxylic acids is 1. The third-order valence-electron chi connectivity index (χ3n) is 5.36. The van der Waals surface area contributed by atoms with Crippen molar-refractivity contribution >= 4 is 5.91 Å². The second-order valence-electron chi connectivity index (χ2n) is 8.35. The van der Waals surface area contributed by atoms with Gasteiger partial charge in [-0.15, -0.1) is 0 Å². The van der Waals surface area contributed by atoms with Gasteiger partial charge in [-0.1, -0.05) is 27.7 Å². The molecule has 1 aromatic rings. The smallest absolute Gasteiger partial charge is 0.224 e. The van der Waals surface area contributed by atoms with Crippen molar-refractivity contribution in [1.29, 1.82) is 0 Å².